The van der Waals surface area contributed by atoms with Crippen LogP contribution in [-0.2, 0) is 7.05 Å². The molecule has 1 N–H and O–H groups in total. The first kappa shape index (κ1) is 23.3. The number of nitrogens with zero attached hydrogens (tertiary/aromatic N) is 5. The number of aryl methyl sites for hydroxylation is 1. The Morgan fingerprint density at radius 3 is 2.37 bits per heavy atom. The standard InChI is InChI=1S/C24H28B4N6O/c1-14-30-13-19(33(14)2)15-3-4-17-12-31-20(10-18(17)9-15)32-22(35)16-5-8-29-21(11-16)34-23(25,26)6-7-24(34,27)28/h3-5,8-13H,6-7,25-28H2,1-2H3,(H,31,32,35). The summed E-state index contributed by atoms with van der Waals surface area (Å²) in [6, 6.07) is 11.8. The number of fused-ring (bicyclic) bond motifs is 1. The van der Waals surface area contributed by atoms with Crippen molar-refractivity contribution in [1.82, 2.24) is 19.5 Å². The number of carbonyl (C=O) groups is 1. The highest BCUT2D eigenvalue weighted by atomic mass is 16.1. The summed E-state index contributed by atoms with van der Waals surface area (Å²) in [4.78, 5) is 29.0. The van der Waals surface area contributed by atoms with Crippen LogP contribution in [0.25, 0.3) is 22.0 Å². The van der Waals surface area contributed by atoms with E-state index >= 15 is 0 Å². The largest absolute Gasteiger partial charge is 0.377 e. The highest BCUT2D eigenvalue weighted by Crippen LogP contribution is 2.37. The molecular weight excluding hydrogens is 432 g/mol. The molecule has 1 aromatic carbocycles. The second-order valence-corrected chi connectivity index (χ2v) is 10.7. The van der Waals surface area contributed by atoms with Gasteiger partial charge in [0.15, 0.2) is 0 Å². The molecule has 0 radical (unpaired) electrons. The van der Waals surface area contributed by atoms with Crippen molar-refractivity contribution < 1.29 is 4.79 Å². The van der Waals surface area contributed by atoms with Crippen LogP contribution < -0.4 is 10.2 Å². The number of benzene rings is 1. The minimum Gasteiger partial charge on any atom is -0.377 e. The van der Waals surface area contributed by atoms with Gasteiger partial charge in [-0.3, -0.25) is 4.79 Å². The average molecular weight is 460 g/mol. The Balaban J connectivity index is 1.42. The zero-order valence-corrected chi connectivity index (χ0v) is 21.3. The Morgan fingerprint density at radius 2 is 1.69 bits per heavy atom. The second-order valence-electron chi connectivity index (χ2n) is 10.7. The highest BCUT2D eigenvalue weighted by Gasteiger charge is 2.44. The Hall–Kier alpha value is -3.48. The topological polar surface area (TPSA) is 75.9 Å². The number of anilines is 2. The molecule has 1 aliphatic heterocycles. The highest BCUT2D eigenvalue weighted by molar-refractivity contribution is 6.48. The van der Waals surface area contributed by atoms with E-state index in [0.29, 0.717) is 11.4 Å². The fourth-order valence-electron chi connectivity index (χ4n) is 5.28. The number of hydrogen-bond acceptors (Lipinski definition) is 5. The number of carbonyl (C=O) groups excluding carboxylic acids is 1. The third-order valence-electron chi connectivity index (χ3n) is 7.28. The number of amides is 1. The van der Waals surface area contributed by atoms with Gasteiger partial charge in [-0.25, -0.2) is 15.0 Å². The first-order chi connectivity index (χ1) is 16.5. The van der Waals surface area contributed by atoms with Crippen LogP contribution in [0.15, 0.2) is 55.0 Å². The van der Waals surface area contributed by atoms with Crippen molar-refractivity contribution >= 4 is 59.7 Å². The van der Waals surface area contributed by atoms with Crippen LogP contribution in [0.5, 0.6) is 0 Å². The summed E-state index contributed by atoms with van der Waals surface area (Å²) < 4.78 is 2.06. The maximum absolute atomic E-state index is 13.2. The number of hydrogen-bond donors (Lipinski definition) is 1. The molecule has 4 aromatic rings. The molecule has 0 aliphatic carbocycles. The van der Waals surface area contributed by atoms with Crippen molar-refractivity contribution in [2.75, 3.05) is 10.2 Å². The molecule has 1 amide bonds. The normalized spacial score (nSPS) is 16.5. The van der Waals surface area contributed by atoms with Crippen molar-refractivity contribution in [1.29, 1.82) is 0 Å². The third kappa shape index (κ3) is 4.24. The van der Waals surface area contributed by atoms with E-state index in [2.05, 4.69) is 73.3 Å². The molecule has 1 fully saturated rings. The van der Waals surface area contributed by atoms with Crippen molar-refractivity contribution in [2.24, 2.45) is 7.05 Å². The molecule has 11 heteroatoms. The maximum atomic E-state index is 13.2. The number of pyridine rings is 2. The monoisotopic (exact) mass is 460 g/mol. The van der Waals surface area contributed by atoms with Crippen LogP contribution in [0, 0.1) is 6.92 Å². The van der Waals surface area contributed by atoms with E-state index in [9.17, 15) is 4.79 Å². The number of imidazole rings is 1. The summed E-state index contributed by atoms with van der Waals surface area (Å²) in [5, 5.41) is 4.95. The van der Waals surface area contributed by atoms with Gasteiger partial charge in [0, 0.05) is 36.0 Å². The Morgan fingerprint density at radius 1 is 0.943 bits per heavy atom. The van der Waals surface area contributed by atoms with Gasteiger partial charge in [-0.15, -0.1) is 0 Å². The summed E-state index contributed by atoms with van der Waals surface area (Å²) in [5.41, 5.74) is 2.68. The maximum Gasteiger partial charge on any atom is 0.257 e. The van der Waals surface area contributed by atoms with Crippen molar-refractivity contribution in [3.05, 3.63) is 66.4 Å². The zero-order valence-electron chi connectivity index (χ0n) is 21.3. The van der Waals surface area contributed by atoms with Crippen LogP contribution in [0.1, 0.15) is 29.0 Å². The van der Waals surface area contributed by atoms with Crippen molar-refractivity contribution in [3.63, 3.8) is 0 Å². The van der Waals surface area contributed by atoms with E-state index < -0.39 is 0 Å². The number of aromatic nitrogens is 4. The lowest BCUT2D eigenvalue weighted by Gasteiger charge is -2.43. The van der Waals surface area contributed by atoms with Crippen molar-refractivity contribution in [2.45, 2.75) is 30.4 Å². The minimum absolute atomic E-state index is 0.0182. The van der Waals surface area contributed by atoms with Crippen LogP contribution in [0.2, 0.25) is 0 Å². The van der Waals surface area contributed by atoms with Crippen LogP contribution in [0.4, 0.5) is 11.6 Å². The molecule has 0 unspecified atom stereocenters. The molecule has 1 aliphatic rings. The Labute approximate surface area is 209 Å². The van der Waals surface area contributed by atoms with Crippen LogP contribution in [0.3, 0.4) is 0 Å². The summed E-state index contributed by atoms with van der Waals surface area (Å²) in [5.74, 6) is 2.10. The van der Waals surface area contributed by atoms with Gasteiger partial charge in [-0.2, -0.15) is 0 Å². The number of nitrogens with one attached hydrogen (secondary N) is 1. The zero-order chi connectivity index (χ0) is 25.0. The van der Waals surface area contributed by atoms with E-state index in [-0.39, 0.29) is 16.6 Å². The molecule has 4 heterocycles. The van der Waals surface area contributed by atoms with Gasteiger partial charge >= 0.3 is 0 Å². The van der Waals surface area contributed by atoms with E-state index in [1.807, 2.05) is 38.4 Å². The van der Waals surface area contributed by atoms with Gasteiger partial charge in [0.25, 0.3) is 5.91 Å². The van der Waals surface area contributed by atoms with Gasteiger partial charge in [0.1, 0.15) is 48.8 Å². The summed E-state index contributed by atoms with van der Waals surface area (Å²) in [7, 11) is 10.9. The molecule has 35 heavy (non-hydrogen) atoms. The van der Waals surface area contributed by atoms with E-state index in [1.54, 1.807) is 18.5 Å². The molecule has 0 bridgehead atoms. The van der Waals surface area contributed by atoms with Gasteiger partial charge in [0.2, 0.25) is 0 Å². The fourth-order valence-corrected chi connectivity index (χ4v) is 5.28. The molecule has 7 nitrogen and oxygen atoms in total. The summed E-state index contributed by atoms with van der Waals surface area (Å²) in [6.07, 6.45) is 7.55. The first-order valence-corrected chi connectivity index (χ1v) is 12.0. The smallest absolute Gasteiger partial charge is 0.257 e. The van der Waals surface area contributed by atoms with Gasteiger partial charge < -0.3 is 14.8 Å². The molecule has 0 spiro atoms. The van der Waals surface area contributed by atoms with Gasteiger partial charge in [-0.1, -0.05) is 12.1 Å². The van der Waals surface area contributed by atoms with Crippen LogP contribution >= 0.6 is 0 Å². The summed E-state index contributed by atoms with van der Waals surface area (Å²) >= 11 is 0. The van der Waals surface area contributed by atoms with Crippen LogP contribution in [-0.4, -0.2) is 67.5 Å². The number of rotatable bonds is 4. The fraction of sp³-hybridized carbons (Fsp3) is 0.250. The Bertz CT molecular complexity index is 1440. The first-order valence-electron chi connectivity index (χ1n) is 12.0. The molecule has 3 aromatic heterocycles. The van der Waals surface area contributed by atoms with E-state index in [1.165, 1.54) is 0 Å². The molecule has 5 rings (SSSR count). The lowest BCUT2D eigenvalue weighted by Crippen LogP contribution is -2.56. The van der Waals surface area contributed by atoms with E-state index in [4.69, 9.17) is 0 Å². The predicted molar refractivity (Wildman–Crippen MR) is 152 cm³/mol. The average Bonchev–Trinajstić information content (AvgIpc) is 3.26. The SMILES string of the molecule is BC1(B)CCC(B)(B)N1c1cc(C(=O)Nc2cc3cc(-c4cnc(C)n4C)ccc3cn2)ccn1. The molecule has 0 atom stereocenters. The molecular formula is C24H28B4N6O. The van der Waals surface area contributed by atoms with Gasteiger partial charge in [0.05, 0.1) is 11.9 Å². The second kappa shape index (κ2) is 8.33. The molecule has 0 saturated carbocycles. The quantitative estimate of drug-likeness (QED) is 0.436. The Kier molecular flexibility index (Phi) is 5.54. The van der Waals surface area contributed by atoms with E-state index in [0.717, 1.165) is 46.5 Å². The molecule has 1 saturated heterocycles. The lowest BCUT2D eigenvalue weighted by atomic mass is 9.58. The predicted octanol–water partition coefficient (Wildman–Crippen LogP) is 0.0312. The molecule has 172 valence electrons. The van der Waals surface area contributed by atoms with Crippen molar-refractivity contribution in [3.8, 4) is 11.3 Å². The summed E-state index contributed by atoms with van der Waals surface area (Å²) in [6.45, 7) is 1.98. The van der Waals surface area contributed by atoms with Gasteiger partial charge in [-0.05, 0) is 60.1 Å². The third-order valence-corrected chi connectivity index (χ3v) is 7.28. The minimum atomic E-state index is -0.200. The lowest BCUT2D eigenvalue weighted by molar-refractivity contribution is 0.102.